The van der Waals surface area contributed by atoms with Crippen LogP contribution in [0, 0.1) is 23.7 Å². The van der Waals surface area contributed by atoms with E-state index in [1.807, 2.05) is 26.0 Å². The number of nitriles is 1. The highest BCUT2D eigenvalue weighted by Crippen LogP contribution is 2.28. The molecular weight excluding hydrogens is 216 g/mol. The van der Waals surface area contributed by atoms with Crippen LogP contribution in [0.25, 0.3) is 0 Å². The quantitative estimate of drug-likeness (QED) is 0.639. The molecule has 0 radical (unpaired) electrons. The maximum Gasteiger partial charge on any atom is 0.0684 e. The first kappa shape index (κ1) is 12.9. The van der Waals surface area contributed by atoms with Gasteiger partial charge in [0, 0.05) is 10.6 Å². The summed E-state index contributed by atoms with van der Waals surface area (Å²) in [4.78, 5) is 1.25. The smallest absolute Gasteiger partial charge is 0.0684 e. The third-order valence-electron chi connectivity index (χ3n) is 2.49. The Kier molecular flexibility index (Phi) is 4.26. The van der Waals surface area contributed by atoms with Crippen molar-refractivity contribution in [3.05, 3.63) is 23.8 Å². The fourth-order valence-corrected chi connectivity index (χ4v) is 2.59. The number of nitrogen functional groups attached to an aromatic ring is 1. The van der Waals surface area contributed by atoms with Crippen LogP contribution in [0.5, 0.6) is 0 Å². The second kappa shape index (κ2) is 5.27. The Morgan fingerprint density at radius 3 is 2.69 bits per heavy atom. The molecule has 2 nitrogen and oxygen atoms in total. The molecule has 1 rings (SSSR count). The van der Waals surface area contributed by atoms with Gasteiger partial charge >= 0.3 is 0 Å². The van der Waals surface area contributed by atoms with Crippen LogP contribution in [0.15, 0.2) is 23.1 Å². The first-order valence-electron chi connectivity index (χ1n) is 5.35. The Balaban J connectivity index is 2.53. The Bertz CT molecular complexity index is 405. The molecule has 0 aliphatic heterocycles. The normalized spacial score (nSPS) is 11.1. The first-order chi connectivity index (χ1) is 7.44. The summed E-state index contributed by atoms with van der Waals surface area (Å²) in [5.41, 5.74) is 7.48. The number of hydrogen-bond acceptors (Lipinski definition) is 3. The number of hydrogen-bond donors (Lipinski definition) is 1. The zero-order valence-electron chi connectivity index (χ0n) is 10.1. The molecule has 0 bridgehead atoms. The zero-order valence-corrected chi connectivity index (χ0v) is 10.9. The molecule has 0 saturated carbocycles. The summed E-state index contributed by atoms with van der Waals surface area (Å²) in [7, 11) is 0. The molecule has 2 N–H and O–H groups in total. The molecule has 0 heterocycles. The van der Waals surface area contributed by atoms with Crippen LogP contribution in [-0.2, 0) is 0 Å². The summed E-state index contributed by atoms with van der Waals surface area (Å²) in [6, 6.07) is 8.27. The average Bonchev–Trinajstić information content (AvgIpc) is 2.21. The van der Waals surface area contributed by atoms with Gasteiger partial charge in [-0.05, 0) is 56.7 Å². The molecule has 1 aromatic rings. The third-order valence-corrected chi connectivity index (χ3v) is 3.66. The Labute approximate surface area is 102 Å². The molecule has 0 spiro atoms. The highest BCUT2D eigenvalue weighted by molar-refractivity contribution is 7.99. The molecule has 0 amide bonds. The van der Waals surface area contributed by atoms with Crippen LogP contribution in [0.4, 0.5) is 5.69 Å². The van der Waals surface area contributed by atoms with Crippen LogP contribution in [0.3, 0.4) is 0 Å². The van der Waals surface area contributed by atoms with Gasteiger partial charge in [-0.3, -0.25) is 0 Å². The van der Waals surface area contributed by atoms with E-state index >= 15 is 0 Å². The standard InChI is InChI=1S/C13H18N2S/c1-10-8-11(15)4-5-12(10)16-7-6-13(2,3)9-14/h4-5,8H,6-7,15H2,1-3H3. The van der Waals surface area contributed by atoms with Gasteiger partial charge in [-0.2, -0.15) is 5.26 Å². The van der Waals surface area contributed by atoms with Crippen molar-refractivity contribution in [2.24, 2.45) is 5.41 Å². The predicted octanol–water partition coefficient (Wildman–Crippen LogP) is 3.61. The number of nitrogens with zero attached hydrogens (tertiary/aromatic N) is 1. The summed E-state index contributed by atoms with van der Waals surface area (Å²) >= 11 is 1.79. The maximum absolute atomic E-state index is 8.91. The van der Waals surface area contributed by atoms with Crippen LogP contribution >= 0.6 is 11.8 Å². The van der Waals surface area contributed by atoms with E-state index < -0.39 is 0 Å². The van der Waals surface area contributed by atoms with Crippen molar-refractivity contribution in [3.8, 4) is 6.07 Å². The van der Waals surface area contributed by atoms with E-state index in [9.17, 15) is 0 Å². The fourth-order valence-electron chi connectivity index (χ4n) is 1.31. The molecule has 0 aliphatic rings. The van der Waals surface area contributed by atoms with Crippen molar-refractivity contribution < 1.29 is 0 Å². The van der Waals surface area contributed by atoms with E-state index in [1.54, 1.807) is 11.8 Å². The molecule has 0 unspecified atom stereocenters. The number of nitrogens with two attached hydrogens (primary N) is 1. The second-order valence-electron chi connectivity index (χ2n) is 4.62. The van der Waals surface area contributed by atoms with Gasteiger partial charge in [-0.25, -0.2) is 0 Å². The van der Waals surface area contributed by atoms with Gasteiger partial charge in [-0.15, -0.1) is 11.8 Å². The van der Waals surface area contributed by atoms with Crippen molar-refractivity contribution in [1.82, 2.24) is 0 Å². The predicted molar refractivity (Wildman–Crippen MR) is 70.3 cm³/mol. The molecule has 3 heteroatoms. The molecule has 0 aromatic heterocycles. The van der Waals surface area contributed by atoms with Crippen molar-refractivity contribution in [2.75, 3.05) is 11.5 Å². The number of benzene rings is 1. The van der Waals surface area contributed by atoms with Crippen molar-refractivity contribution in [1.29, 1.82) is 5.26 Å². The van der Waals surface area contributed by atoms with E-state index in [2.05, 4.69) is 19.1 Å². The van der Waals surface area contributed by atoms with E-state index in [-0.39, 0.29) is 5.41 Å². The van der Waals surface area contributed by atoms with E-state index in [4.69, 9.17) is 11.0 Å². The van der Waals surface area contributed by atoms with Gasteiger partial charge in [0.15, 0.2) is 0 Å². The third kappa shape index (κ3) is 3.79. The molecule has 16 heavy (non-hydrogen) atoms. The summed E-state index contributed by atoms with van der Waals surface area (Å²) in [6.07, 6.45) is 0.901. The Morgan fingerprint density at radius 1 is 1.44 bits per heavy atom. The average molecular weight is 234 g/mol. The topological polar surface area (TPSA) is 49.8 Å². The van der Waals surface area contributed by atoms with Crippen LogP contribution in [-0.4, -0.2) is 5.75 Å². The summed E-state index contributed by atoms with van der Waals surface area (Å²) in [6.45, 7) is 6.01. The van der Waals surface area contributed by atoms with Crippen LogP contribution in [0.2, 0.25) is 0 Å². The molecule has 1 aromatic carbocycles. The van der Waals surface area contributed by atoms with E-state index in [0.29, 0.717) is 0 Å². The summed E-state index contributed by atoms with van der Waals surface area (Å²) in [5.74, 6) is 0.964. The number of anilines is 1. The van der Waals surface area contributed by atoms with Gasteiger partial charge in [0.2, 0.25) is 0 Å². The van der Waals surface area contributed by atoms with Gasteiger partial charge < -0.3 is 5.73 Å². The van der Waals surface area contributed by atoms with Crippen LogP contribution in [0.1, 0.15) is 25.8 Å². The Morgan fingerprint density at radius 2 is 2.12 bits per heavy atom. The molecular formula is C13H18N2S. The van der Waals surface area contributed by atoms with Crippen LogP contribution < -0.4 is 5.73 Å². The minimum atomic E-state index is -0.227. The van der Waals surface area contributed by atoms with Gasteiger partial charge in [0.05, 0.1) is 11.5 Å². The highest BCUT2D eigenvalue weighted by atomic mass is 32.2. The fraction of sp³-hybridized carbons (Fsp3) is 0.462. The lowest BCUT2D eigenvalue weighted by atomic mass is 9.93. The highest BCUT2D eigenvalue weighted by Gasteiger charge is 2.16. The first-order valence-corrected chi connectivity index (χ1v) is 6.33. The van der Waals surface area contributed by atoms with E-state index in [0.717, 1.165) is 17.9 Å². The number of thioether (sulfide) groups is 1. The largest absolute Gasteiger partial charge is 0.399 e. The SMILES string of the molecule is Cc1cc(N)ccc1SCCC(C)(C)C#N. The number of rotatable bonds is 4. The zero-order chi connectivity index (χ0) is 12.2. The second-order valence-corrected chi connectivity index (χ2v) is 5.76. The minimum Gasteiger partial charge on any atom is -0.399 e. The van der Waals surface area contributed by atoms with Crippen molar-refractivity contribution >= 4 is 17.4 Å². The van der Waals surface area contributed by atoms with Gasteiger partial charge in [0.25, 0.3) is 0 Å². The monoisotopic (exact) mass is 234 g/mol. The molecule has 0 aliphatic carbocycles. The lowest BCUT2D eigenvalue weighted by molar-refractivity contribution is 0.482. The molecule has 0 atom stereocenters. The molecule has 0 fully saturated rings. The van der Waals surface area contributed by atoms with E-state index in [1.165, 1.54) is 10.5 Å². The Hall–Kier alpha value is -1.14. The lowest BCUT2D eigenvalue weighted by Gasteiger charge is -2.14. The summed E-state index contributed by atoms with van der Waals surface area (Å²) < 4.78 is 0. The lowest BCUT2D eigenvalue weighted by Crippen LogP contribution is -2.08. The molecule has 0 saturated heterocycles. The summed E-state index contributed by atoms with van der Waals surface area (Å²) in [5, 5.41) is 8.91. The van der Waals surface area contributed by atoms with Crippen molar-refractivity contribution in [2.45, 2.75) is 32.1 Å². The molecule has 86 valence electrons. The maximum atomic E-state index is 8.91. The van der Waals surface area contributed by atoms with Crippen molar-refractivity contribution in [3.63, 3.8) is 0 Å². The van der Waals surface area contributed by atoms with Gasteiger partial charge in [-0.1, -0.05) is 0 Å². The number of aryl methyl sites for hydroxylation is 1. The van der Waals surface area contributed by atoms with Gasteiger partial charge in [0.1, 0.15) is 0 Å². The minimum absolute atomic E-state index is 0.227.